The Kier molecular flexibility index (Phi) is 10.6. The number of nitrogens with zero attached hydrogens (tertiary/aromatic N) is 5. The minimum atomic E-state index is -4.93. The highest BCUT2D eigenvalue weighted by molar-refractivity contribution is 7.16. The van der Waals surface area contributed by atoms with Gasteiger partial charge in [0.1, 0.15) is 11.5 Å². The van der Waals surface area contributed by atoms with E-state index in [1.165, 1.54) is 43.0 Å². The molecule has 2 N–H and O–H groups in total. The van der Waals surface area contributed by atoms with Crippen LogP contribution in [0.1, 0.15) is 48.0 Å². The quantitative estimate of drug-likeness (QED) is 0.269. The molecule has 2 saturated heterocycles. The number of hydrogen-bond acceptors (Lipinski definition) is 11. The first kappa shape index (κ1) is 33.3. The molecule has 3 aromatic rings. The van der Waals surface area contributed by atoms with E-state index in [1.807, 2.05) is 11.8 Å². The summed E-state index contributed by atoms with van der Waals surface area (Å²) in [6.45, 7) is 5.39. The average Bonchev–Trinajstić information content (AvgIpc) is 3.65. The van der Waals surface area contributed by atoms with Crippen molar-refractivity contribution in [3.05, 3.63) is 41.2 Å². The summed E-state index contributed by atoms with van der Waals surface area (Å²) in [5.74, 6) is -1.79. The lowest BCUT2D eigenvalue weighted by Gasteiger charge is -2.30. The van der Waals surface area contributed by atoms with Gasteiger partial charge in [-0.3, -0.25) is 19.8 Å². The summed E-state index contributed by atoms with van der Waals surface area (Å²) >= 11 is 1.22. The van der Waals surface area contributed by atoms with Crippen molar-refractivity contribution in [3.8, 4) is 22.8 Å². The summed E-state index contributed by atoms with van der Waals surface area (Å²) < 4.78 is 54.5. The molecule has 46 heavy (non-hydrogen) atoms. The lowest BCUT2D eigenvalue weighted by molar-refractivity contribution is -0.275. The number of aromatic nitrogens is 3. The molecule has 248 valence electrons. The maximum atomic E-state index is 13.2. The summed E-state index contributed by atoms with van der Waals surface area (Å²) in [6.07, 6.45) is 0.815. The van der Waals surface area contributed by atoms with Gasteiger partial charge in [0.15, 0.2) is 16.6 Å². The second-order valence-electron chi connectivity index (χ2n) is 10.9. The van der Waals surface area contributed by atoms with Gasteiger partial charge in [-0.15, -0.1) is 13.2 Å². The molecule has 2 fully saturated rings. The lowest BCUT2D eigenvalue weighted by Crippen LogP contribution is -2.36. The Bertz CT molecular complexity index is 1510. The fourth-order valence-corrected chi connectivity index (χ4v) is 6.62. The van der Waals surface area contributed by atoms with Gasteiger partial charge >= 0.3 is 12.3 Å². The van der Waals surface area contributed by atoms with Crippen LogP contribution in [0.15, 0.2) is 30.6 Å². The largest absolute Gasteiger partial charge is 0.573 e. The van der Waals surface area contributed by atoms with Crippen LogP contribution in [-0.2, 0) is 16.1 Å². The zero-order valence-corrected chi connectivity index (χ0v) is 26.2. The number of carbonyl (C=O) groups excluding carboxylic acids is 1. The Morgan fingerprint density at radius 2 is 1.89 bits per heavy atom. The monoisotopic (exact) mass is 664 g/mol. The van der Waals surface area contributed by atoms with Crippen molar-refractivity contribution in [1.82, 2.24) is 19.9 Å². The number of methoxy groups -OCH3 is 1. The van der Waals surface area contributed by atoms with Crippen LogP contribution in [0.2, 0.25) is 0 Å². The zero-order chi connectivity index (χ0) is 32.8. The smallest absolute Gasteiger partial charge is 0.493 e. The van der Waals surface area contributed by atoms with Crippen molar-refractivity contribution in [2.24, 2.45) is 5.92 Å². The first-order valence-electron chi connectivity index (χ1n) is 14.9. The fourth-order valence-electron chi connectivity index (χ4n) is 5.62. The normalized spacial score (nSPS) is 17.7. The Morgan fingerprint density at radius 1 is 1.11 bits per heavy atom. The highest BCUT2D eigenvalue weighted by atomic mass is 32.1. The van der Waals surface area contributed by atoms with Crippen LogP contribution in [0.4, 0.5) is 24.1 Å². The minimum absolute atomic E-state index is 0.0455. The molecule has 1 atom stereocenters. The molecular formula is C30H35F3N6O6S. The maximum Gasteiger partial charge on any atom is 0.573 e. The number of hydrogen-bond donors (Lipinski definition) is 2. The van der Waals surface area contributed by atoms with Crippen molar-refractivity contribution in [1.29, 1.82) is 0 Å². The van der Waals surface area contributed by atoms with E-state index in [1.54, 1.807) is 6.07 Å². The number of alkyl halides is 3. The summed E-state index contributed by atoms with van der Waals surface area (Å²) in [5.41, 5.74) is 0.815. The number of carboxylic acid groups (broad SMARTS) is 1. The van der Waals surface area contributed by atoms with Crippen LogP contribution in [0, 0.1) is 5.92 Å². The summed E-state index contributed by atoms with van der Waals surface area (Å²) in [6, 6.07) is 4.38. The highest BCUT2D eigenvalue weighted by Gasteiger charge is 2.33. The SMILES string of the molecule is CCOCC1CCCN1Cc1sc(NC(=O)c2cnc(N3CCC(C(=O)O)CC3)cn2)nc1-c1ccc(OC)c(OC(F)(F)F)c1. The summed E-state index contributed by atoms with van der Waals surface area (Å²) in [5, 5.41) is 12.2. The third kappa shape index (κ3) is 8.22. The van der Waals surface area contributed by atoms with E-state index in [4.69, 9.17) is 9.47 Å². The molecule has 0 spiro atoms. The van der Waals surface area contributed by atoms with Crippen molar-refractivity contribution in [2.75, 3.05) is 50.2 Å². The minimum Gasteiger partial charge on any atom is -0.493 e. The summed E-state index contributed by atoms with van der Waals surface area (Å²) in [7, 11) is 1.25. The molecule has 1 aromatic carbocycles. The highest BCUT2D eigenvalue weighted by Crippen LogP contribution is 2.39. The van der Waals surface area contributed by atoms with Crippen LogP contribution < -0.4 is 19.7 Å². The predicted molar refractivity (Wildman–Crippen MR) is 163 cm³/mol. The van der Waals surface area contributed by atoms with Crippen molar-refractivity contribution >= 4 is 34.2 Å². The van der Waals surface area contributed by atoms with Gasteiger partial charge in [0.25, 0.3) is 5.91 Å². The van der Waals surface area contributed by atoms with Gasteiger partial charge in [-0.25, -0.2) is 15.0 Å². The first-order chi connectivity index (χ1) is 22.0. The number of benzene rings is 1. The van der Waals surface area contributed by atoms with E-state index in [2.05, 4.69) is 29.9 Å². The van der Waals surface area contributed by atoms with Crippen LogP contribution in [0.5, 0.6) is 11.5 Å². The average molecular weight is 665 g/mol. The van der Waals surface area contributed by atoms with Crippen LogP contribution in [0.25, 0.3) is 11.3 Å². The van der Waals surface area contributed by atoms with Gasteiger partial charge in [-0.05, 0) is 57.4 Å². The number of carbonyl (C=O) groups is 2. The van der Waals surface area contributed by atoms with E-state index in [0.29, 0.717) is 62.8 Å². The van der Waals surface area contributed by atoms with Crippen LogP contribution in [0.3, 0.4) is 0 Å². The molecule has 12 nitrogen and oxygen atoms in total. The number of anilines is 2. The second-order valence-corrected chi connectivity index (χ2v) is 12.0. The lowest BCUT2D eigenvalue weighted by atomic mass is 9.97. The standard InChI is InChI=1S/C30H35F3N6O6S/c1-3-44-17-20-5-4-10-39(20)16-24-26(19-6-7-22(43-2)23(13-19)45-30(31,32)33)36-29(46-24)37-27(40)21-14-35-25(15-34-21)38-11-8-18(9-12-38)28(41)42/h6-7,13-15,18,20H,3-5,8-12,16-17H2,1-2H3,(H,41,42)(H,36,37,40). The molecule has 1 unspecified atom stereocenters. The Hall–Kier alpha value is -4.02. The molecule has 0 aliphatic carbocycles. The Morgan fingerprint density at radius 3 is 2.54 bits per heavy atom. The van der Waals surface area contributed by atoms with Crippen molar-refractivity contribution in [3.63, 3.8) is 0 Å². The number of aliphatic carboxylic acids is 1. The second kappa shape index (κ2) is 14.6. The number of ether oxygens (including phenoxy) is 3. The van der Waals surface area contributed by atoms with E-state index >= 15 is 0 Å². The first-order valence-corrected chi connectivity index (χ1v) is 15.7. The van der Waals surface area contributed by atoms with Crippen LogP contribution >= 0.6 is 11.3 Å². The molecule has 2 aliphatic heterocycles. The molecule has 2 aliphatic rings. The molecular weight excluding hydrogens is 629 g/mol. The van der Waals surface area contributed by atoms with E-state index in [0.717, 1.165) is 24.3 Å². The zero-order valence-electron chi connectivity index (χ0n) is 25.4. The number of carboxylic acids is 1. The Labute approximate surface area is 267 Å². The number of likely N-dealkylation sites (tertiary alicyclic amines) is 1. The van der Waals surface area contributed by atoms with Gasteiger partial charge in [0.05, 0.1) is 37.7 Å². The fraction of sp³-hybridized carbons (Fsp3) is 0.500. The number of nitrogens with one attached hydrogen (secondary N) is 1. The van der Waals surface area contributed by atoms with Crippen LogP contribution in [-0.4, -0.2) is 89.2 Å². The molecule has 0 radical (unpaired) electrons. The van der Waals surface area contributed by atoms with E-state index < -0.39 is 24.0 Å². The van der Waals surface area contributed by atoms with Gasteiger partial charge in [-0.2, -0.15) is 0 Å². The predicted octanol–water partition coefficient (Wildman–Crippen LogP) is 5.06. The maximum absolute atomic E-state index is 13.2. The van der Waals surface area contributed by atoms with Crippen molar-refractivity contribution in [2.45, 2.75) is 51.6 Å². The molecule has 1 amide bonds. The molecule has 0 bridgehead atoms. The number of rotatable bonds is 12. The molecule has 2 aromatic heterocycles. The van der Waals surface area contributed by atoms with Gasteiger partial charge in [0, 0.05) is 42.7 Å². The molecule has 4 heterocycles. The number of thiazole rings is 1. The summed E-state index contributed by atoms with van der Waals surface area (Å²) in [4.78, 5) is 42.6. The topological polar surface area (TPSA) is 139 Å². The van der Waals surface area contributed by atoms with E-state index in [9.17, 15) is 27.9 Å². The van der Waals surface area contributed by atoms with Crippen molar-refractivity contribution < 1.29 is 42.1 Å². The van der Waals surface area contributed by atoms with Gasteiger partial charge < -0.3 is 24.2 Å². The number of amides is 1. The third-order valence-corrected chi connectivity index (χ3v) is 8.94. The van der Waals surface area contributed by atoms with E-state index in [-0.39, 0.29) is 28.5 Å². The van der Waals surface area contributed by atoms with Gasteiger partial charge in [0.2, 0.25) is 0 Å². The van der Waals surface area contributed by atoms with Gasteiger partial charge in [-0.1, -0.05) is 11.3 Å². The number of piperidine rings is 1. The Balaban J connectivity index is 1.37. The molecule has 0 saturated carbocycles. The number of halogens is 3. The molecule has 16 heteroatoms. The third-order valence-electron chi connectivity index (χ3n) is 7.98. The molecule has 5 rings (SSSR count).